The maximum Gasteiger partial charge on any atom is 0.127 e. The van der Waals surface area contributed by atoms with Crippen molar-refractivity contribution in [2.75, 3.05) is 12.0 Å². The zero-order valence-corrected chi connectivity index (χ0v) is 10.5. The first-order chi connectivity index (χ1) is 8.88. The molecule has 0 aliphatic rings. The molecule has 0 fully saturated rings. The lowest BCUT2D eigenvalue weighted by Crippen LogP contribution is -2.07. The topological polar surface area (TPSA) is 47.0 Å². The number of nitrogens with zero attached hydrogens (tertiary/aromatic N) is 2. The fraction of sp³-hybridized carbons (Fsp3) is 0.286. The van der Waals surface area contributed by atoms with Gasteiger partial charge in [-0.25, -0.2) is 4.98 Å². The SMILES string of the molecule is CCc1ccc(NCOCc2ccccn2)nc1. The average molecular weight is 243 g/mol. The van der Waals surface area contributed by atoms with E-state index in [1.54, 1.807) is 6.20 Å². The van der Waals surface area contributed by atoms with Gasteiger partial charge in [-0.2, -0.15) is 0 Å². The third kappa shape index (κ3) is 3.82. The van der Waals surface area contributed by atoms with Gasteiger partial charge in [0.05, 0.1) is 12.3 Å². The molecule has 0 amide bonds. The number of ether oxygens (including phenoxy) is 1. The third-order valence-electron chi connectivity index (χ3n) is 2.56. The number of anilines is 1. The van der Waals surface area contributed by atoms with Crippen LogP contribution in [-0.4, -0.2) is 16.7 Å². The summed E-state index contributed by atoms with van der Waals surface area (Å²) in [5, 5.41) is 3.11. The summed E-state index contributed by atoms with van der Waals surface area (Å²) < 4.78 is 5.47. The van der Waals surface area contributed by atoms with Gasteiger partial charge in [-0.3, -0.25) is 4.98 Å². The predicted octanol–water partition coefficient (Wildman–Crippen LogP) is 2.63. The molecule has 2 rings (SSSR count). The normalized spacial score (nSPS) is 10.3. The van der Waals surface area contributed by atoms with Crippen LogP contribution in [0.5, 0.6) is 0 Å². The van der Waals surface area contributed by atoms with Crippen LogP contribution in [0.2, 0.25) is 0 Å². The monoisotopic (exact) mass is 243 g/mol. The minimum absolute atomic E-state index is 0.426. The van der Waals surface area contributed by atoms with Crippen molar-refractivity contribution < 1.29 is 4.74 Å². The number of aromatic nitrogens is 2. The molecule has 18 heavy (non-hydrogen) atoms. The van der Waals surface area contributed by atoms with E-state index < -0.39 is 0 Å². The lowest BCUT2D eigenvalue weighted by molar-refractivity contribution is 0.135. The standard InChI is InChI=1S/C14H17N3O/c1-2-12-6-7-14(16-9-12)17-11-18-10-13-5-3-4-8-15-13/h3-9H,2,10-11H2,1H3,(H,16,17). The first kappa shape index (κ1) is 12.5. The highest BCUT2D eigenvalue weighted by Gasteiger charge is 1.95. The maximum atomic E-state index is 5.47. The van der Waals surface area contributed by atoms with Gasteiger partial charge in [0.2, 0.25) is 0 Å². The highest BCUT2D eigenvalue weighted by atomic mass is 16.5. The van der Waals surface area contributed by atoms with E-state index in [9.17, 15) is 0 Å². The van der Waals surface area contributed by atoms with Crippen molar-refractivity contribution >= 4 is 5.82 Å². The lowest BCUT2D eigenvalue weighted by atomic mass is 10.2. The van der Waals surface area contributed by atoms with Gasteiger partial charge in [0.25, 0.3) is 0 Å². The van der Waals surface area contributed by atoms with Gasteiger partial charge in [-0.1, -0.05) is 19.1 Å². The van der Waals surface area contributed by atoms with E-state index in [4.69, 9.17) is 4.74 Å². The smallest absolute Gasteiger partial charge is 0.127 e. The van der Waals surface area contributed by atoms with E-state index in [0.29, 0.717) is 13.3 Å². The summed E-state index contributed by atoms with van der Waals surface area (Å²) in [5.41, 5.74) is 2.16. The Morgan fingerprint density at radius 1 is 1.17 bits per heavy atom. The molecule has 2 heterocycles. The van der Waals surface area contributed by atoms with E-state index in [1.807, 2.05) is 30.5 Å². The molecular formula is C14H17N3O. The molecule has 0 saturated carbocycles. The van der Waals surface area contributed by atoms with Gasteiger partial charge in [0, 0.05) is 12.4 Å². The minimum Gasteiger partial charge on any atom is -0.355 e. The van der Waals surface area contributed by atoms with Gasteiger partial charge in [-0.15, -0.1) is 0 Å². The van der Waals surface area contributed by atoms with Crippen LogP contribution < -0.4 is 5.32 Å². The highest BCUT2D eigenvalue weighted by Crippen LogP contribution is 2.05. The molecule has 0 aromatic carbocycles. The predicted molar refractivity (Wildman–Crippen MR) is 71.1 cm³/mol. The largest absolute Gasteiger partial charge is 0.355 e. The molecule has 4 heteroatoms. The zero-order valence-electron chi connectivity index (χ0n) is 10.5. The summed E-state index contributed by atoms with van der Waals surface area (Å²) in [6, 6.07) is 9.80. The molecule has 0 atom stereocenters. The molecule has 0 bridgehead atoms. The summed E-state index contributed by atoms with van der Waals surface area (Å²) >= 11 is 0. The number of nitrogens with one attached hydrogen (secondary N) is 1. The summed E-state index contributed by atoms with van der Waals surface area (Å²) in [4.78, 5) is 8.46. The number of hydrogen-bond acceptors (Lipinski definition) is 4. The fourth-order valence-corrected chi connectivity index (χ4v) is 1.50. The Morgan fingerprint density at radius 2 is 2.11 bits per heavy atom. The summed E-state index contributed by atoms with van der Waals surface area (Å²) in [7, 11) is 0. The maximum absolute atomic E-state index is 5.47. The molecule has 2 aromatic heterocycles. The van der Waals surface area contributed by atoms with Crippen molar-refractivity contribution in [1.82, 2.24) is 9.97 Å². The van der Waals surface area contributed by atoms with Gasteiger partial charge in [0.1, 0.15) is 12.5 Å². The average Bonchev–Trinajstić information content (AvgIpc) is 2.45. The zero-order chi connectivity index (χ0) is 12.6. The molecule has 4 nitrogen and oxygen atoms in total. The van der Waals surface area contributed by atoms with Crippen LogP contribution in [-0.2, 0) is 17.8 Å². The Morgan fingerprint density at radius 3 is 2.78 bits per heavy atom. The second kappa shape index (κ2) is 6.71. The molecular weight excluding hydrogens is 226 g/mol. The number of hydrogen-bond donors (Lipinski definition) is 1. The molecule has 0 unspecified atom stereocenters. The summed E-state index contributed by atoms with van der Waals surface area (Å²) in [6.45, 7) is 3.04. The van der Waals surface area contributed by atoms with E-state index in [-0.39, 0.29) is 0 Å². The Kier molecular flexibility index (Phi) is 4.67. The Balaban J connectivity index is 1.72. The van der Waals surface area contributed by atoms with Crippen molar-refractivity contribution in [2.24, 2.45) is 0 Å². The molecule has 1 N–H and O–H groups in total. The van der Waals surface area contributed by atoms with Crippen molar-refractivity contribution in [3.63, 3.8) is 0 Å². The van der Waals surface area contributed by atoms with Crippen LogP contribution in [0.1, 0.15) is 18.2 Å². The first-order valence-electron chi connectivity index (χ1n) is 6.05. The Labute approximate surface area is 107 Å². The molecule has 0 aliphatic heterocycles. The molecule has 2 aromatic rings. The van der Waals surface area contributed by atoms with E-state index in [0.717, 1.165) is 17.9 Å². The van der Waals surface area contributed by atoms with Crippen LogP contribution >= 0.6 is 0 Å². The van der Waals surface area contributed by atoms with Crippen molar-refractivity contribution in [1.29, 1.82) is 0 Å². The number of rotatable bonds is 6. The number of aryl methyl sites for hydroxylation is 1. The van der Waals surface area contributed by atoms with E-state index in [1.165, 1.54) is 5.56 Å². The van der Waals surface area contributed by atoms with Crippen molar-refractivity contribution in [3.8, 4) is 0 Å². The van der Waals surface area contributed by atoms with Crippen LogP contribution in [0.25, 0.3) is 0 Å². The van der Waals surface area contributed by atoms with Crippen LogP contribution in [0, 0.1) is 0 Å². The van der Waals surface area contributed by atoms with Crippen molar-refractivity contribution in [3.05, 3.63) is 54.0 Å². The molecule has 94 valence electrons. The molecule has 0 radical (unpaired) electrons. The van der Waals surface area contributed by atoms with Crippen LogP contribution in [0.3, 0.4) is 0 Å². The van der Waals surface area contributed by atoms with Crippen LogP contribution in [0.15, 0.2) is 42.7 Å². The Bertz CT molecular complexity index is 456. The number of pyridine rings is 2. The molecule has 0 saturated heterocycles. The Hall–Kier alpha value is -1.94. The van der Waals surface area contributed by atoms with Gasteiger partial charge in [-0.05, 0) is 30.2 Å². The molecule has 0 aliphatic carbocycles. The second-order valence-corrected chi connectivity index (χ2v) is 3.90. The van der Waals surface area contributed by atoms with E-state index in [2.05, 4.69) is 28.3 Å². The quantitative estimate of drug-likeness (QED) is 0.626. The van der Waals surface area contributed by atoms with Crippen LogP contribution in [0.4, 0.5) is 5.82 Å². The first-order valence-corrected chi connectivity index (χ1v) is 6.05. The summed E-state index contributed by atoms with van der Waals surface area (Å²) in [5.74, 6) is 0.827. The molecule has 0 spiro atoms. The third-order valence-corrected chi connectivity index (χ3v) is 2.56. The summed E-state index contributed by atoms with van der Waals surface area (Å²) in [6.07, 6.45) is 4.64. The van der Waals surface area contributed by atoms with Gasteiger partial charge < -0.3 is 10.1 Å². The minimum atomic E-state index is 0.426. The van der Waals surface area contributed by atoms with Crippen molar-refractivity contribution in [2.45, 2.75) is 20.0 Å². The van der Waals surface area contributed by atoms with E-state index >= 15 is 0 Å². The fourth-order valence-electron chi connectivity index (χ4n) is 1.50. The van der Waals surface area contributed by atoms with Gasteiger partial charge >= 0.3 is 0 Å². The lowest BCUT2D eigenvalue weighted by Gasteiger charge is -2.07. The van der Waals surface area contributed by atoms with Gasteiger partial charge in [0.15, 0.2) is 0 Å². The second-order valence-electron chi connectivity index (χ2n) is 3.90. The highest BCUT2D eigenvalue weighted by molar-refractivity contribution is 5.34.